The second-order valence-electron chi connectivity index (χ2n) is 2.85. The quantitative estimate of drug-likeness (QED) is 0.746. The second-order valence-corrected chi connectivity index (χ2v) is 2.85. The molecule has 0 aliphatic carbocycles. The number of benzene rings is 1. The molecular formula is C10H9FN2. The van der Waals surface area contributed by atoms with Crippen LogP contribution in [0.5, 0.6) is 0 Å². The smallest absolute Gasteiger partial charge is 0.126 e. The van der Waals surface area contributed by atoms with Gasteiger partial charge in [0.1, 0.15) is 5.82 Å². The van der Waals surface area contributed by atoms with E-state index in [0.29, 0.717) is 12.0 Å². The number of nitrogens with one attached hydrogen (secondary N) is 1. The average molecular weight is 176 g/mol. The summed E-state index contributed by atoms with van der Waals surface area (Å²) in [5, 5.41) is 6.60. The summed E-state index contributed by atoms with van der Waals surface area (Å²) < 4.78 is 13.1. The van der Waals surface area contributed by atoms with Gasteiger partial charge in [0, 0.05) is 18.3 Å². The van der Waals surface area contributed by atoms with Crippen molar-refractivity contribution in [3.05, 3.63) is 53.6 Å². The molecule has 0 amide bonds. The second kappa shape index (κ2) is 3.39. The maximum atomic E-state index is 13.1. The molecule has 13 heavy (non-hydrogen) atoms. The van der Waals surface area contributed by atoms with Gasteiger partial charge < -0.3 is 0 Å². The first-order chi connectivity index (χ1) is 6.36. The van der Waals surface area contributed by atoms with E-state index in [4.69, 9.17) is 0 Å². The van der Waals surface area contributed by atoms with Crippen molar-refractivity contribution in [3.63, 3.8) is 0 Å². The summed E-state index contributed by atoms with van der Waals surface area (Å²) in [6.45, 7) is 0. The number of halogens is 1. The summed E-state index contributed by atoms with van der Waals surface area (Å²) in [4.78, 5) is 0. The van der Waals surface area contributed by atoms with Gasteiger partial charge >= 0.3 is 0 Å². The van der Waals surface area contributed by atoms with Crippen LogP contribution in [0.15, 0.2) is 36.5 Å². The molecule has 0 unspecified atom stereocenters. The third-order valence-corrected chi connectivity index (χ3v) is 1.90. The number of H-pyrrole nitrogens is 1. The zero-order valence-corrected chi connectivity index (χ0v) is 7.00. The minimum Gasteiger partial charge on any atom is -0.282 e. The van der Waals surface area contributed by atoms with Gasteiger partial charge in [0.2, 0.25) is 0 Å². The van der Waals surface area contributed by atoms with Crippen molar-refractivity contribution in [2.75, 3.05) is 0 Å². The van der Waals surface area contributed by atoms with Gasteiger partial charge in [0.05, 0.1) is 0 Å². The van der Waals surface area contributed by atoms with E-state index in [1.807, 2.05) is 12.1 Å². The molecule has 0 saturated carbocycles. The maximum absolute atomic E-state index is 13.1. The Morgan fingerprint density at radius 1 is 1.23 bits per heavy atom. The van der Waals surface area contributed by atoms with E-state index < -0.39 is 0 Å². The van der Waals surface area contributed by atoms with Crippen LogP contribution in [0.2, 0.25) is 0 Å². The Bertz CT molecular complexity index is 382. The standard InChI is InChI=1S/C10H9FN2/c11-10-4-2-1-3-8(10)7-9-5-6-12-13-9/h1-6H,7H2,(H,12,13). The van der Waals surface area contributed by atoms with Crippen molar-refractivity contribution in [3.8, 4) is 0 Å². The summed E-state index contributed by atoms with van der Waals surface area (Å²) in [6, 6.07) is 8.59. The Labute approximate surface area is 75.4 Å². The highest BCUT2D eigenvalue weighted by molar-refractivity contribution is 5.22. The number of hydrogen-bond donors (Lipinski definition) is 1. The van der Waals surface area contributed by atoms with Crippen molar-refractivity contribution >= 4 is 0 Å². The molecule has 2 nitrogen and oxygen atoms in total. The fourth-order valence-corrected chi connectivity index (χ4v) is 1.23. The van der Waals surface area contributed by atoms with Crippen molar-refractivity contribution < 1.29 is 4.39 Å². The van der Waals surface area contributed by atoms with E-state index in [1.54, 1.807) is 18.3 Å². The Morgan fingerprint density at radius 2 is 2.08 bits per heavy atom. The van der Waals surface area contributed by atoms with Crippen molar-refractivity contribution in [1.82, 2.24) is 10.2 Å². The van der Waals surface area contributed by atoms with Crippen LogP contribution in [0.1, 0.15) is 11.3 Å². The number of nitrogens with zero attached hydrogens (tertiary/aromatic N) is 1. The van der Waals surface area contributed by atoms with E-state index in [0.717, 1.165) is 5.69 Å². The Hall–Kier alpha value is -1.64. The fourth-order valence-electron chi connectivity index (χ4n) is 1.23. The van der Waals surface area contributed by atoms with Gasteiger partial charge in [-0.3, -0.25) is 5.10 Å². The van der Waals surface area contributed by atoms with Crippen LogP contribution in [0.4, 0.5) is 4.39 Å². The van der Waals surface area contributed by atoms with E-state index in [2.05, 4.69) is 10.2 Å². The van der Waals surface area contributed by atoms with Crippen LogP contribution in [0.25, 0.3) is 0 Å². The normalized spacial score (nSPS) is 10.2. The topological polar surface area (TPSA) is 28.7 Å². The highest BCUT2D eigenvalue weighted by Gasteiger charge is 2.01. The summed E-state index contributed by atoms with van der Waals surface area (Å²) in [5.41, 5.74) is 1.61. The number of aromatic amines is 1. The molecule has 1 aromatic carbocycles. The Balaban J connectivity index is 2.24. The van der Waals surface area contributed by atoms with Gasteiger partial charge in [-0.1, -0.05) is 18.2 Å². The van der Waals surface area contributed by atoms with E-state index in [-0.39, 0.29) is 5.82 Å². The molecule has 1 N–H and O–H groups in total. The zero-order chi connectivity index (χ0) is 9.10. The Kier molecular flexibility index (Phi) is 2.08. The summed E-state index contributed by atoms with van der Waals surface area (Å²) in [7, 11) is 0. The molecule has 0 aliphatic heterocycles. The molecule has 0 aliphatic rings. The molecule has 2 rings (SSSR count). The molecule has 0 radical (unpaired) electrons. The molecule has 0 atom stereocenters. The van der Waals surface area contributed by atoms with Crippen LogP contribution >= 0.6 is 0 Å². The molecule has 1 aromatic heterocycles. The van der Waals surface area contributed by atoms with Crippen LogP contribution in [-0.4, -0.2) is 10.2 Å². The number of hydrogen-bond acceptors (Lipinski definition) is 1. The highest BCUT2D eigenvalue weighted by Crippen LogP contribution is 2.10. The van der Waals surface area contributed by atoms with Gasteiger partial charge in [0.15, 0.2) is 0 Å². The van der Waals surface area contributed by atoms with E-state index in [1.165, 1.54) is 6.07 Å². The summed E-state index contributed by atoms with van der Waals surface area (Å²) >= 11 is 0. The molecule has 3 heteroatoms. The van der Waals surface area contributed by atoms with Crippen molar-refractivity contribution in [2.45, 2.75) is 6.42 Å². The minimum atomic E-state index is -0.169. The Morgan fingerprint density at radius 3 is 2.77 bits per heavy atom. The lowest BCUT2D eigenvalue weighted by molar-refractivity contribution is 0.613. The predicted molar refractivity (Wildman–Crippen MR) is 47.8 cm³/mol. The largest absolute Gasteiger partial charge is 0.282 e. The molecule has 66 valence electrons. The van der Waals surface area contributed by atoms with Gasteiger partial charge in [0.25, 0.3) is 0 Å². The van der Waals surface area contributed by atoms with Crippen LogP contribution in [-0.2, 0) is 6.42 Å². The van der Waals surface area contributed by atoms with E-state index >= 15 is 0 Å². The SMILES string of the molecule is Fc1ccccc1Cc1ccn[nH]1. The third-order valence-electron chi connectivity index (χ3n) is 1.90. The summed E-state index contributed by atoms with van der Waals surface area (Å²) in [5.74, 6) is -0.169. The molecule has 0 bridgehead atoms. The molecular weight excluding hydrogens is 167 g/mol. The monoisotopic (exact) mass is 176 g/mol. The summed E-state index contributed by atoms with van der Waals surface area (Å²) in [6.07, 6.45) is 2.23. The minimum absolute atomic E-state index is 0.169. The van der Waals surface area contributed by atoms with Crippen LogP contribution in [0, 0.1) is 5.82 Å². The van der Waals surface area contributed by atoms with Gasteiger partial charge in [-0.2, -0.15) is 5.10 Å². The zero-order valence-electron chi connectivity index (χ0n) is 7.00. The lowest BCUT2D eigenvalue weighted by Crippen LogP contribution is -1.92. The molecule has 1 heterocycles. The number of aromatic nitrogens is 2. The lowest BCUT2D eigenvalue weighted by Gasteiger charge is -1.99. The van der Waals surface area contributed by atoms with Crippen LogP contribution in [0.3, 0.4) is 0 Å². The molecule has 0 saturated heterocycles. The van der Waals surface area contributed by atoms with Crippen molar-refractivity contribution in [2.24, 2.45) is 0 Å². The van der Waals surface area contributed by atoms with Gasteiger partial charge in [-0.15, -0.1) is 0 Å². The van der Waals surface area contributed by atoms with Gasteiger partial charge in [-0.25, -0.2) is 4.39 Å². The first-order valence-corrected chi connectivity index (χ1v) is 4.08. The third kappa shape index (κ3) is 1.75. The van der Waals surface area contributed by atoms with Crippen LogP contribution < -0.4 is 0 Å². The molecule has 2 aromatic rings. The predicted octanol–water partition coefficient (Wildman–Crippen LogP) is 2.14. The first kappa shape index (κ1) is 7.98. The highest BCUT2D eigenvalue weighted by atomic mass is 19.1. The van der Waals surface area contributed by atoms with Crippen molar-refractivity contribution in [1.29, 1.82) is 0 Å². The lowest BCUT2D eigenvalue weighted by atomic mass is 10.1. The molecule has 0 spiro atoms. The molecule has 0 fully saturated rings. The fraction of sp³-hybridized carbons (Fsp3) is 0.100. The van der Waals surface area contributed by atoms with E-state index in [9.17, 15) is 4.39 Å². The van der Waals surface area contributed by atoms with Gasteiger partial charge in [-0.05, 0) is 17.7 Å². The maximum Gasteiger partial charge on any atom is 0.126 e. The number of rotatable bonds is 2. The first-order valence-electron chi connectivity index (χ1n) is 4.08. The average Bonchev–Trinajstić information content (AvgIpc) is 2.61.